The lowest BCUT2D eigenvalue weighted by molar-refractivity contribution is 0.416. The van der Waals surface area contributed by atoms with Gasteiger partial charge < -0.3 is 25.6 Å². The van der Waals surface area contributed by atoms with Crippen LogP contribution in [-0.4, -0.2) is 43.3 Å². The summed E-state index contributed by atoms with van der Waals surface area (Å²) in [6, 6.07) is 15.8. The predicted octanol–water partition coefficient (Wildman–Crippen LogP) is 4.04. The molecule has 8 heteroatoms. The van der Waals surface area contributed by atoms with Crippen molar-refractivity contribution in [3.8, 4) is 5.75 Å². The van der Waals surface area contributed by atoms with E-state index >= 15 is 0 Å². The third-order valence-electron chi connectivity index (χ3n) is 4.69. The van der Waals surface area contributed by atoms with E-state index in [0.29, 0.717) is 16.8 Å². The first-order chi connectivity index (χ1) is 14.2. The molecule has 3 aromatic rings. The molecule has 0 bridgehead atoms. The van der Waals surface area contributed by atoms with Gasteiger partial charge in [-0.1, -0.05) is 29.8 Å². The van der Waals surface area contributed by atoms with Crippen molar-refractivity contribution in [1.82, 2.24) is 15.3 Å². The Labute approximate surface area is 175 Å². The second-order valence-electron chi connectivity index (χ2n) is 6.63. The fraction of sp³-hybridized carbons (Fsp3) is 0.238. The van der Waals surface area contributed by atoms with E-state index in [9.17, 15) is 0 Å². The van der Waals surface area contributed by atoms with Crippen LogP contribution in [0.2, 0.25) is 5.02 Å². The SMILES string of the molecule is COc1cc(N2CCNCC2)ccc1Nc1ncc(Cl)c(Nc2ccccc2)n1. The second kappa shape index (κ2) is 8.98. The van der Waals surface area contributed by atoms with Crippen LogP contribution in [0.15, 0.2) is 54.7 Å². The molecule has 1 fully saturated rings. The number of rotatable bonds is 6. The Balaban J connectivity index is 1.54. The summed E-state index contributed by atoms with van der Waals surface area (Å²) in [5.41, 5.74) is 2.83. The van der Waals surface area contributed by atoms with Gasteiger partial charge in [-0.15, -0.1) is 0 Å². The van der Waals surface area contributed by atoms with E-state index in [1.54, 1.807) is 13.3 Å². The normalized spacial score (nSPS) is 13.8. The van der Waals surface area contributed by atoms with E-state index in [4.69, 9.17) is 16.3 Å². The molecule has 7 nitrogen and oxygen atoms in total. The number of hydrogen-bond donors (Lipinski definition) is 3. The molecule has 4 rings (SSSR count). The minimum Gasteiger partial charge on any atom is -0.494 e. The van der Waals surface area contributed by atoms with Crippen LogP contribution < -0.4 is 25.6 Å². The molecular formula is C21H23ClN6O. The largest absolute Gasteiger partial charge is 0.494 e. The maximum absolute atomic E-state index is 6.26. The van der Waals surface area contributed by atoms with Gasteiger partial charge in [0, 0.05) is 43.6 Å². The van der Waals surface area contributed by atoms with Crippen LogP contribution in [0.5, 0.6) is 5.75 Å². The number of aromatic nitrogens is 2. The molecule has 0 saturated carbocycles. The minimum atomic E-state index is 0.432. The van der Waals surface area contributed by atoms with Gasteiger partial charge in [0.2, 0.25) is 5.95 Å². The summed E-state index contributed by atoms with van der Waals surface area (Å²) in [5.74, 6) is 1.70. The van der Waals surface area contributed by atoms with E-state index in [-0.39, 0.29) is 0 Å². The number of piperazine rings is 1. The molecule has 0 radical (unpaired) electrons. The summed E-state index contributed by atoms with van der Waals surface area (Å²) in [4.78, 5) is 11.1. The number of nitrogens with one attached hydrogen (secondary N) is 3. The first-order valence-corrected chi connectivity index (χ1v) is 9.86. The van der Waals surface area contributed by atoms with E-state index in [1.807, 2.05) is 42.5 Å². The fourth-order valence-electron chi connectivity index (χ4n) is 3.20. The summed E-state index contributed by atoms with van der Waals surface area (Å²) in [7, 11) is 1.66. The Morgan fingerprint density at radius 1 is 1.07 bits per heavy atom. The van der Waals surface area contributed by atoms with Crippen LogP contribution in [-0.2, 0) is 0 Å². The van der Waals surface area contributed by atoms with Crippen LogP contribution in [0.25, 0.3) is 0 Å². The first kappa shape index (κ1) is 19.3. The van der Waals surface area contributed by atoms with Crippen molar-refractivity contribution in [2.24, 2.45) is 0 Å². The van der Waals surface area contributed by atoms with Crippen LogP contribution in [0, 0.1) is 0 Å². The zero-order valence-corrected chi connectivity index (χ0v) is 16.9. The molecule has 29 heavy (non-hydrogen) atoms. The number of methoxy groups -OCH3 is 1. The predicted molar refractivity (Wildman–Crippen MR) is 118 cm³/mol. The standard InChI is InChI=1S/C21H23ClN6O/c1-29-19-13-16(28-11-9-23-10-12-28)7-8-18(19)26-21-24-14-17(22)20(27-21)25-15-5-3-2-4-6-15/h2-8,13-14,23H,9-12H2,1H3,(H2,24,25,26,27). The molecule has 0 aliphatic carbocycles. The van der Waals surface area contributed by atoms with Crippen molar-refractivity contribution < 1.29 is 4.74 Å². The third kappa shape index (κ3) is 4.70. The molecule has 0 atom stereocenters. The Bertz CT molecular complexity index is 963. The van der Waals surface area contributed by atoms with Gasteiger partial charge in [0.1, 0.15) is 10.8 Å². The van der Waals surface area contributed by atoms with E-state index < -0.39 is 0 Å². The zero-order chi connectivity index (χ0) is 20.1. The summed E-state index contributed by atoms with van der Waals surface area (Å²) in [6.07, 6.45) is 1.57. The molecule has 1 aliphatic rings. The zero-order valence-electron chi connectivity index (χ0n) is 16.2. The molecule has 2 heterocycles. The molecule has 3 N–H and O–H groups in total. The summed E-state index contributed by atoms with van der Waals surface area (Å²) in [6.45, 7) is 3.92. The van der Waals surface area contributed by atoms with Crippen molar-refractivity contribution in [3.63, 3.8) is 0 Å². The maximum atomic E-state index is 6.26. The molecule has 0 spiro atoms. The van der Waals surface area contributed by atoms with Crippen LogP contribution in [0.1, 0.15) is 0 Å². The van der Waals surface area contributed by atoms with Crippen molar-refractivity contribution >= 4 is 40.4 Å². The topological polar surface area (TPSA) is 74.3 Å². The number of ether oxygens (including phenoxy) is 1. The van der Waals surface area contributed by atoms with Crippen LogP contribution in [0.4, 0.5) is 28.8 Å². The monoisotopic (exact) mass is 410 g/mol. The molecule has 150 valence electrons. The van der Waals surface area contributed by atoms with Gasteiger partial charge in [-0.2, -0.15) is 4.98 Å². The van der Waals surface area contributed by atoms with Gasteiger partial charge in [0.15, 0.2) is 5.82 Å². The van der Waals surface area contributed by atoms with Crippen molar-refractivity contribution in [2.45, 2.75) is 0 Å². The maximum Gasteiger partial charge on any atom is 0.229 e. The summed E-state index contributed by atoms with van der Waals surface area (Å²) >= 11 is 6.26. The quantitative estimate of drug-likeness (QED) is 0.566. The van der Waals surface area contributed by atoms with Gasteiger partial charge >= 0.3 is 0 Å². The lowest BCUT2D eigenvalue weighted by Gasteiger charge is -2.30. The minimum absolute atomic E-state index is 0.432. The average molecular weight is 411 g/mol. The molecule has 1 aromatic heterocycles. The highest BCUT2D eigenvalue weighted by Crippen LogP contribution is 2.32. The molecule has 1 aliphatic heterocycles. The number of anilines is 5. The number of benzene rings is 2. The lowest BCUT2D eigenvalue weighted by atomic mass is 10.2. The van der Waals surface area contributed by atoms with Gasteiger partial charge in [0.05, 0.1) is 19.0 Å². The van der Waals surface area contributed by atoms with Crippen LogP contribution in [0.3, 0.4) is 0 Å². The molecule has 0 amide bonds. The highest BCUT2D eigenvalue weighted by atomic mass is 35.5. The number of hydrogen-bond acceptors (Lipinski definition) is 7. The first-order valence-electron chi connectivity index (χ1n) is 9.48. The average Bonchev–Trinajstić information content (AvgIpc) is 2.77. The second-order valence-corrected chi connectivity index (χ2v) is 7.04. The Morgan fingerprint density at radius 2 is 1.86 bits per heavy atom. The highest BCUT2D eigenvalue weighted by molar-refractivity contribution is 6.32. The number of para-hydroxylation sites is 1. The van der Waals surface area contributed by atoms with Crippen molar-refractivity contribution in [2.75, 3.05) is 48.8 Å². The Hall–Kier alpha value is -3.03. The number of nitrogens with zero attached hydrogens (tertiary/aromatic N) is 3. The highest BCUT2D eigenvalue weighted by Gasteiger charge is 2.14. The van der Waals surface area contributed by atoms with Crippen molar-refractivity contribution in [3.05, 3.63) is 59.8 Å². The third-order valence-corrected chi connectivity index (χ3v) is 4.97. The van der Waals surface area contributed by atoms with E-state index in [0.717, 1.165) is 49.0 Å². The van der Waals surface area contributed by atoms with E-state index in [1.165, 1.54) is 0 Å². The smallest absolute Gasteiger partial charge is 0.229 e. The van der Waals surface area contributed by atoms with Crippen molar-refractivity contribution in [1.29, 1.82) is 0 Å². The van der Waals surface area contributed by atoms with Gasteiger partial charge in [-0.05, 0) is 24.3 Å². The fourth-order valence-corrected chi connectivity index (χ4v) is 3.33. The molecular weight excluding hydrogens is 388 g/mol. The van der Waals surface area contributed by atoms with Crippen LogP contribution >= 0.6 is 11.6 Å². The summed E-state index contributed by atoms with van der Waals surface area (Å²) < 4.78 is 5.60. The molecule has 2 aromatic carbocycles. The van der Waals surface area contributed by atoms with E-state index in [2.05, 4.69) is 36.9 Å². The summed E-state index contributed by atoms with van der Waals surface area (Å²) in [5, 5.41) is 10.3. The Kier molecular flexibility index (Phi) is 5.97. The lowest BCUT2D eigenvalue weighted by Crippen LogP contribution is -2.43. The van der Waals surface area contributed by atoms with Gasteiger partial charge in [-0.25, -0.2) is 4.98 Å². The van der Waals surface area contributed by atoms with Gasteiger partial charge in [0.25, 0.3) is 0 Å². The molecule has 0 unspecified atom stereocenters. The Morgan fingerprint density at radius 3 is 2.62 bits per heavy atom. The molecule has 1 saturated heterocycles. The van der Waals surface area contributed by atoms with Gasteiger partial charge in [-0.3, -0.25) is 0 Å². The number of halogens is 1.